The molecular formula is C36H33Br2N3O5. The van der Waals surface area contributed by atoms with Gasteiger partial charge in [0, 0.05) is 37.1 Å². The molecule has 0 aliphatic rings. The fourth-order valence-electron chi connectivity index (χ4n) is 4.89. The van der Waals surface area contributed by atoms with Crippen molar-refractivity contribution in [2.24, 2.45) is 5.10 Å². The number of methoxy groups -OCH3 is 1. The van der Waals surface area contributed by atoms with Crippen LogP contribution in [-0.2, 0) is 19.6 Å². The second-order valence-corrected chi connectivity index (χ2v) is 12.2. The standard InChI is InChI=1S/C36H33Br2N3O5/c1-5-6-26-17-25(18-34(43-4)35(26)45-21-27-9-10-28(37)19-32(27)38)20-39-40-36(42)33-16-15-31(46-33)22-44-30-13-11-29(12-14-30)41-23(2)7-8-24(41)3/h5,7-20H,1,6,21-22H2,2-4H3,(H,40,42)/b39-20+. The van der Waals surface area contributed by atoms with E-state index in [4.69, 9.17) is 18.6 Å². The topological polar surface area (TPSA) is 87.2 Å². The Hall–Kier alpha value is -4.54. The molecule has 3 aromatic carbocycles. The summed E-state index contributed by atoms with van der Waals surface area (Å²) in [4.78, 5) is 12.7. The molecule has 236 valence electrons. The molecule has 0 aliphatic heterocycles. The molecule has 0 radical (unpaired) electrons. The summed E-state index contributed by atoms with van der Waals surface area (Å²) in [5, 5.41) is 4.13. The number of halogens is 2. The lowest BCUT2D eigenvalue weighted by Gasteiger charge is -2.16. The number of ether oxygens (including phenoxy) is 3. The third-order valence-corrected chi connectivity index (χ3v) is 8.37. The smallest absolute Gasteiger partial charge is 0.307 e. The molecule has 0 unspecified atom stereocenters. The second-order valence-electron chi connectivity index (χ2n) is 10.4. The minimum Gasteiger partial charge on any atom is -0.493 e. The molecule has 0 bridgehead atoms. The fraction of sp³-hybridized carbons (Fsp3) is 0.167. The van der Waals surface area contributed by atoms with Gasteiger partial charge in [0.1, 0.15) is 24.7 Å². The van der Waals surface area contributed by atoms with Crippen LogP contribution in [0.15, 0.2) is 110 Å². The molecule has 0 aliphatic carbocycles. The van der Waals surface area contributed by atoms with E-state index in [9.17, 15) is 4.79 Å². The molecule has 0 saturated heterocycles. The van der Waals surface area contributed by atoms with E-state index >= 15 is 0 Å². The predicted molar refractivity (Wildman–Crippen MR) is 186 cm³/mol. The quantitative estimate of drug-likeness (QED) is 0.0739. The van der Waals surface area contributed by atoms with Gasteiger partial charge in [-0.25, -0.2) is 5.43 Å². The number of hydrazone groups is 1. The summed E-state index contributed by atoms with van der Waals surface area (Å²) in [6.45, 7) is 8.54. The van der Waals surface area contributed by atoms with Crippen molar-refractivity contribution in [3.05, 3.63) is 140 Å². The Bertz CT molecular complexity index is 1860. The molecule has 5 aromatic rings. The number of allylic oxidation sites excluding steroid dienone is 1. The van der Waals surface area contributed by atoms with Crippen molar-refractivity contribution in [1.29, 1.82) is 0 Å². The maximum Gasteiger partial charge on any atom is 0.307 e. The number of aryl methyl sites for hydroxylation is 2. The van der Waals surface area contributed by atoms with Gasteiger partial charge in [-0.1, -0.05) is 44.0 Å². The highest BCUT2D eigenvalue weighted by Gasteiger charge is 2.15. The Kier molecular flexibility index (Phi) is 10.8. The lowest BCUT2D eigenvalue weighted by atomic mass is 10.1. The molecule has 5 rings (SSSR count). The molecule has 46 heavy (non-hydrogen) atoms. The first kappa shape index (κ1) is 32.8. The van der Waals surface area contributed by atoms with Gasteiger partial charge < -0.3 is 23.2 Å². The van der Waals surface area contributed by atoms with Gasteiger partial charge in [-0.3, -0.25) is 4.79 Å². The summed E-state index contributed by atoms with van der Waals surface area (Å²) in [5.74, 6) is 2.01. The van der Waals surface area contributed by atoms with E-state index in [2.05, 4.69) is 79.5 Å². The molecule has 2 heterocycles. The second kappa shape index (κ2) is 15.2. The van der Waals surface area contributed by atoms with Crippen LogP contribution in [0.5, 0.6) is 17.2 Å². The minimum atomic E-state index is -0.484. The van der Waals surface area contributed by atoms with Gasteiger partial charge in [0.25, 0.3) is 0 Å². The highest BCUT2D eigenvalue weighted by atomic mass is 79.9. The Morgan fingerprint density at radius 1 is 0.935 bits per heavy atom. The van der Waals surface area contributed by atoms with Crippen molar-refractivity contribution in [2.45, 2.75) is 33.5 Å². The minimum absolute atomic E-state index is 0.123. The molecule has 2 aromatic heterocycles. The third-order valence-electron chi connectivity index (χ3n) is 7.14. The van der Waals surface area contributed by atoms with Crippen molar-refractivity contribution in [1.82, 2.24) is 9.99 Å². The summed E-state index contributed by atoms with van der Waals surface area (Å²) < 4.78 is 27.5. The van der Waals surface area contributed by atoms with Crippen LogP contribution in [0.25, 0.3) is 5.69 Å². The van der Waals surface area contributed by atoms with Crippen molar-refractivity contribution in [3.8, 4) is 22.9 Å². The van der Waals surface area contributed by atoms with E-state index in [1.54, 1.807) is 31.4 Å². The first-order chi connectivity index (χ1) is 22.2. The monoisotopic (exact) mass is 745 g/mol. The van der Waals surface area contributed by atoms with E-state index < -0.39 is 5.91 Å². The number of nitrogens with one attached hydrogen (secondary N) is 1. The van der Waals surface area contributed by atoms with Crippen LogP contribution in [0.3, 0.4) is 0 Å². The zero-order chi connectivity index (χ0) is 32.6. The number of rotatable bonds is 13. The maximum atomic E-state index is 12.7. The number of nitrogens with zero attached hydrogens (tertiary/aromatic N) is 2. The molecule has 1 N–H and O–H groups in total. The van der Waals surface area contributed by atoms with E-state index in [-0.39, 0.29) is 12.4 Å². The van der Waals surface area contributed by atoms with Gasteiger partial charge in [-0.15, -0.1) is 6.58 Å². The van der Waals surface area contributed by atoms with Crippen LogP contribution in [0.1, 0.15) is 44.4 Å². The normalized spacial score (nSPS) is 11.1. The predicted octanol–water partition coefficient (Wildman–Crippen LogP) is 8.87. The van der Waals surface area contributed by atoms with Crippen molar-refractivity contribution in [2.75, 3.05) is 7.11 Å². The summed E-state index contributed by atoms with van der Waals surface area (Å²) in [6.07, 6.45) is 3.88. The lowest BCUT2D eigenvalue weighted by molar-refractivity contribution is 0.0923. The summed E-state index contributed by atoms with van der Waals surface area (Å²) in [5.41, 5.74) is 8.49. The van der Waals surface area contributed by atoms with Crippen molar-refractivity contribution >= 4 is 44.0 Å². The summed E-state index contributed by atoms with van der Waals surface area (Å²) >= 11 is 7.05. The number of furan rings is 1. The molecule has 1 amide bonds. The van der Waals surface area contributed by atoms with Gasteiger partial charge in [0.2, 0.25) is 0 Å². The number of hydrogen-bond donors (Lipinski definition) is 1. The molecular weight excluding hydrogens is 714 g/mol. The SMILES string of the molecule is C=CCc1cc(/C=N/NC(=O)c2ccc(COc3ccc(-n4c(C)ccc4C)cc3)o2)cc(OC)c1OCc1ccc(Br)cc1Br. The average Bonchev–Trinajstić information content (AvgIpc) is 3.66. The molecule has 0 atom stereocenters. The van der Waals surface area contributed by atoms with Gasteiger partial charge in [-0.2, -0.15) is 5.10 Å². The molecule has 0 saturated carbocycles. The van der Waals surface area contributed by atoms with Gasteiger partial charge in [-0.05, 0) is 98.6 Å². The Balaban J connectivity index is 1.19. The number of benzene rings is 3. The highest BCUT2D eigenvalue weighted by molar-refractivity contribution is 9.11. The van der Waals surface area contributed by atoms with Crippen LogP contribution in [-0.4, -0.2) is 23.8 Å². The van der Waals surface area contributed by atoms with E-state index in [1.807, 2.05) is 48.5 Å². The Labute approximate surface area is 284 Å². The van der Waals surface area contributed by atoms with Crippen LogP contribution in [0, 0.1) is 13.8 Å². The zero-order valence-electron chi connectivity index (χ0n) is 25.7. The molecule has 8 nitrogen and oxygen atoms in total. The number of carbonyl (C=O) groups is 1. The van der Waals surface area contributed by atoms with Crippen molar-refractivity contribution < 1.29 is 23.4 Å². The number of aromatic nitrogens is 1. The summed E-state index contributed by atoms with van der Waals surface area (Å²) in [6, 6.07) is 24.9. The third kappa shape index (κ3) is 7.99. The first-order valence-corrected chi connectivity index (χ1v) is 16.0. The number of amides is 1. The molecule has 10 heteroatoms. The Morgan fingerprint density at radius 3 is 2.39 bits per heavy atom. The van der Waals surface area contributed by atoms with E-state index in [1.165, 1.54) is 17.6 Å². The zero-order valence-corrected chi connectivity index (χ0v) is 28.9. The maximum absolute atomic E-state index is 12.7. The number of carbonyl (C=O) groups excluding carboxylic acids is 1. The summed E-state index contributed by atoms with van der Waals surface area (Å²) in [7, 11) is 1.58. The van der Waals surface area contributed by atoms with E-state index in [0.29, 0.717) is 41.6 Å². The molecule has 0 spiro atoms. The van der Waals surface area contributed by atoms with Gasteiger partial charge in [0.15, 0.2) is 17.3 Å². The number of hydrogen-bond acceptors (Lipinski definition) is 6. The van der Waals surface area contributed by atoms with Crippen LogP contribution < -0.4 is 19.6 Å². The van der Waals surface area contributed by atoms with Crippen LogP contribution >= 0.6 is 31.9 Å². The van der Waals surface area contributed by atoms with Crippen LogP contribution in [0.2, 0.25) is 0 Å². The molecule has 0 fully saturated rings. The highest BCUT2D eigenvalue weighted by Crippen LogP contribution is 2.35. The van der Waals surface area contributed by atoms with Gasteiger partial charge >= 0.3 is 5.91 Å². The first-order valence-electron chi connectivity index (χ1n) is 14.4. The van der Waals surface area contributed by atoms with E-state index in [0.717, 1.165) is 25.8 Å². The Morgan fingerprint density at radius 2 is 1.70 bits per heavy atom. The fourth-order valence-corrected chi connectivity index (χ4v) is 6.05. The average molecular weight is 747 g/mol. The lowest BCUT2D eigenvalue weighted by Crippen LogP contribution is -2.16. The van der Waals surface area contributed by atoms with Gasteiger partial charge in [0.05, 0.1) is 13.3 Å². The van der Waals surface area contributed by atoms with Crippen LogP contribution in [0.4, 0.5) is 0 Å². The van der Waals surface area contributed by atoms with Crippen molar-refractivity contribution in [3.63, 3.8) is 0 Å². The largest absolute Gasteiger partial charge is 0.493 e.